The predicted octanol–water partition coefficient (Wildman–Crippen LogP) is -6.93. The van der Waals surface area contributed by atoms with Gasteiger partial charge in [0, 0.05) is 22.5 Å². The number of nitrogens with one attached hydrogen (secondary N) is 2. The first kappa shape index (κ1) is 21.5. The van der Waals surface area contributed by atoms with Crippen LogP contribution in [-0.2, 0) is 25.8 Å². The number of fused-ring (bicyclic) bond motifs is 6. The van der Waals surface area contributed by atoms with Gasteiger partial charge < -0.3 is 35.2 Å². The van der Waals surface area contributed by atoms with Gasteiger partial charge >= 0.3 is 103 Å². The number of hydrogen-bond donors (Lipinski definition) is 2. The van der Waals surface area contributed by atoms with Gasteiger partial charge in [-0.1, -0.05) is 36.4 Å². The monoisotopic (exact) mass is 388 g/mol. The van der Waals surface area contributed by atoms with Gasteiger partial charge in [0.2, 0.25) is 11.4 Å². The number of benzene rings is 2. The summed E-state index contributed by atoms with van der Waals surface area (Å²) in [6, 6.07) is 12.8. The zero-order chi connectivity index (χ0) is 16.2. The zero-order valence-electron chi connectivity index (χ0n) is 13.7. The van der Waals surface area contributed by atoms with Crippen molar-refractivity contribution in [2.75, 3.05) is 10.6 Å². The second kappa shape index (κ2) is 7.68. The Kier molecular flexibility index (Phi) is 6.61. The van der Waals surface area contributed by atoms with Crippen LogP contribution in [0.2, 0.25) is 0 Å². The first-order valence-corrected chi connectivity index (χ1v) is 6.88. The molecule has 0 radical (unpaired) electrons. The average molecular weight is 388 g/mol. The Morgan fingerprint density at radius 1 is 0.760 bits per heavy atom. The Morgan fingerprint density at radius 3 is 1.48 bits per heavy atom. The summed E-state index contributed by atoms with van der Waals surface area (Å²) in [5.41, 5.74) is -3.17. The van der Waals surface area contributed by atoms with Gasteiger partial charge in [0.05, 0.1) is 11.9 Å². The standard InChI is InChI=1S/C16H12N2O5.2K/c19-13(20)15-9-5-1-3-7-11(9)17-16(23-15,14(21)22)10-6-2-4-8-12(10)18-15;;/h1-8,17-18H,(H,19,20)(H,21,22);;/q;2*+1/p-2. The second-order valence-corrected chi connectivity index (χ2v) is 5.38. The van der Waals surface area contributed by atoms with Crippen molar-refractivity contribution in [2.24, 2.45) is 0 Å². The minimum atomic E-state index is -2.13. The molecule has 2 N–H and O–H groups in total. The normalized spacial score (nSPS) is 24.8. The van der Waals surface area contributed by atoms with E-state index in [4.69, 9.17) is 4.74 Å². The first-order chi connectivity index (χ1) is 11.0. The first-order valence-electron chi connectivity index (χ1n) is 6.88. The van der Waals surface area contributed by atoms with Crippen LogP contribution < -0.4 is 124 Å². The van der Waals surface area contributed by atoms with Crippen molar-refractivity contribution in [1.82, 2.24) is 0 Å². The van der Waals surface area contributed by atoms with Crippen molar-refractivity contribution < 1.29 is 127 Å². The van der Waals surface area contributed by atoms with E-state index in [9.17, 15) is 19.8 Å². The van der Waals surface area contributed by atoms with Crippen molar-refractivity contribution in [1.29, 1.82) is 0 Å². The van der Waals surface area contributed by atoms with Gasteiger partial charge in [0.15, 0.2) is 0 Å². The van der Waals surface area contributed by atoms with E-state index in [-0.39, 0.29) is 114 Å². The summed E-state index contributed by atoms with van der Waals surface area (Å²) < 4.78 is 5.53. The molecule has 0 spiro atoms. The van der Waals surface area contributed by atoms with Crippen molar-refractivity contribution in [2.45, 2.75) is 11.4 Å². The van der Waals surface area contributed by atoms with Gasteiger partial charge in [-0.3, -0.25) is 0 Å². The van der Waals surface area contributed by atoms with Crippen molar-refractivity contribution in [3.63, 3.8) is 0 Å². The van der Waals surface area contributed by atoms with Crippen molar-refractivity contribution in [3.8, 4) is 0 Å². The van der Waals surface area contributed by atoms with Crippen molar-refractivity contribution in [3.05, 3.63) is 59.7 Å². The molecular formula is C16H10K2N2O5. The maximum atomic E-state index is 11.9. The fourth-order valence-electron chi connectivity index (χ4n) is 3.11. The molecule has 2 unspecified atom stereocenters. The molecule has 7 nitrogen and oxygen atoms in total. The molecule has 0 fully saturated rings. The molecule has 0 aromatic heterocycles. The van der Waals surface area contributed by atoms with Gasteiger partial charge in [-0.25, -0.2) is 0 Å². The Bertz CT molecular complexity index is 792. The van der Waals surface area contributed by atoms with E-state index in [1.54, 1.807) is 36.4 Å². The largest absolute Gasteiger partial charge is 1.00 e. The number of ether oxygens (including phenoxy) is 1. The van der Waals surface area contributed by atoms with Crippen LogP contribution in [0.25, 0.3) is 0 Å². The van der Waals surface area contributed by atoms with Crippen LogP contribution in [0.4, 0.5) is 11.4 Å². The average Bonchev–Trinajstić information content (AvgIpc) is 2.54. The second-order valence-electron chi connectivity index (χ2n) is 5.38. The van der Waals surface area contributed by atoms with Gasteiger partial charge in [0.1, 0.15) is 0 Å². The van der Waals surface area contributed by atoms with Gasteiger partial charge in [-0.2, -0.15) is 0 Å². The number of aliphatic carboxylic acids is 2. The third kappa shape index (κ3) is 3.09. The van der Waals surface area contributed by atoms with Crippen molar-refractivity contribution >= 4 is 23.3 Å². The Morgan fingerprint density at radius 2 is 1.12 bits per heavy atom. The number of hydrogen-bond acceptors (Lipinski definition) is 7. The number of carbonyl (C=O) groups is 2. The van der Waals surface area contributed by atoms with E-state index in [0.717, 1.165) is 0 Å². The van der Waals surface area contributed by atoms with E-state index in [2.05, 4.69) is 10.6 Å². The van der Waals surface area contributed by atoms with Crippen LogP contribution in [0.1, 0.15) is 11.1 Å². The number of rotatable bonds is 2. The smallest absolute Gasteiger partial charge is 0.545 e. The zero-order valence-corrected chi connectivity index (χ0v) is 19.9. The van der Waals surface area contributed by atoms with Crippen LogP contribution in [0.15, 0.2) is 48.5 Å². The van der Waals surface area contributed by atoms with E-state index < -0.39 is 23.4 Å². The number of carboxylic acid groups (broad SMARTS) is 2. The molecular weight excluding hydrogens is 378 g/mol. The molecule has 0 saturated carbocycles. The number of para-hydroxylation sites is 2. The third-order valence-electron chi connectivity index (χ3n) is 4.12. The molecule has 0 saturated heterocycles. The topological polar surface area (TPSA) is 114 Å². The van der Waals surface area contributed by atoms with Crippen LogP contribution in [0.3, 0.4) is 0 Å². The molecule has 2 bridgehead atoms. The Hall–Kier alpha value is 0.213. The molecule has 2 aromatic carbocycles. The van der Waals surface area contributed by atoms with E-state index >= 15 is 0 Å². The summed E-state index contributed by atoms with van der Waals surface area (Å²) in [5, 5.41) is 29.3. The Balaban J connectivity index is 0.00000113. The summed E-state index contributed by atoms with van der Waals surface area (Å²) in [6.45, 7) is 0. The van der Waals surface area contributed by atoms with Crippen LogP contribution >= 0.6 is 0 Å². The number of anilines is 2. The predicted molar refractivity (Wildman–Crippen MR) is 74.6 cm³/mol. The SMILES string of the molecule is O=C([O-])C12Nc3ccccc3C(C(=O)[O-])(Nc3ccccc31)O2.[K+].[K+]. The number of carbonyl (C=O) groups excluding carboxylic acids is 2. The molecule has 116 valence electrons. The molecule has 0 amide bonds. The molecule has 2 aliphatic rings. The molecule has 2 heterocycles. The summed E-state index contributed by atoms with van der Waals surface area (Å²) >= 11 is 0. The van der Waals surface area contributed by atoms with Gasteiger partial charge in [-0.15, -0.1) is 0 Å². The summed E-state index contributed by atoms with van der Waals surface area (Å²) in [6.07, 6.45) is 0. The maximum Gasteiger partial charge on any atom is 1.00 e. The van der Waals surface area contributed by atoms with E-state index in [1.807, 2.05) is 0 Å². The molecule has 2 aromatic rings. The van der Waals surface area contributed by atoms with Gasteiger partial charge in [0.25, 0.3) is 0 Å². The van der Waals surface area contributed by atoms with E-state index in [0.29, 0.717) is 11.4 Å². The fourth-order valence-corrected chi connectivity index (χ4v) is 3.11. The molecule has 2 atom stereocenters. The van der Waals surface area contributed by atoms with E-state index in [1.165, 1.54) is 12.1 Å². The minimum absolute atomic E-state index is 0. The van der Waals surface area contributed by atoms with Crippen LogP contribution in [0.5, 0.6) is 0 Å². The molecule has 25 heavy (non-hydrogen) atoms. The van der Waals surface area contributed by atoms with Crippen LogP contribution in [0, 0.1) is 0 Å². The molecule has 9 heteroatoms. The molecule has 4 rings (SSSR count). The van der Waals surface area contributed by atoms with Crippen LogP contribution in [-0.4, -0.2) is 11.9 Å². The Labute approximate surface area is 228 Å². The summed E-state index contributed by atoms with van der Waals surface area (Å²) in [7, 11) is 0. The summed E-state index contributed by atoms with van der Waals surface area (Å²) in [4.78, 5) is 23.8. The molecule has 0 aliphatic carbocycles. The minimum Gasteiger partial charge on any atom is -0.545 e. The number of carboxylic acids is 2. The third-order valence-corrected chi connectivity index (χ3v) is 4.12. The van der Waals surface area contributed by atoms with Gasteiger partial charge in [-0.05, 0) is 12.1 Å². The maximum absolute atomic E-state index is 11.9. The quantitative estimate of drug-likeness (QED) is 0.492. The fraction of sp³-hybridized carbons (Fsp3) is 0.125. The molecule has 2 aliphatic heterocycles. The summed E-state index contributed by atoms with van der Waals surface area (Å²) in [5.74, 6) is -3.18.